The van der Waals surface area contributed by atoms with Gasteiger partial charge in [0.15, 0.2) is 0 Å². The molecule has 1 aliphatic heterocycles. The number of rotatable bonds is 1. The second-order valence-electron chi connectivity index (χ2n) is 3.40. The maximum atomic E-state index is 5.26. The Labute approximate surface area is 77.2 Å². The lowest BCUT2D eigenvalue weighted by Crippen LogP contribution is -2.12. The van der Waals surface area contributed by atoms with Crippen molar-refractivity contribution in [3.63, 3.8) is 0 Å². The zero-order valence-electron chi connectivity index (χ0n) is 7.96. The van der Waals surface area contributed by atoms with E-state index >= 15 is 0 Å². The van der Waals surface area contributed by atoms with Gasteiger partial charge < -0.3 is 14.6 Å². The van der Waals surface area contributed by atoms with E-state index in [4.69, 9.17) is 9.26 Å². The zero-order chi connectivity index (χ0) is 9.26. The molecule has 1 aromatic heterocycles. The average Bonchev–Trinajstić information content (AvgIpc) is 2.47. The molecule has 1 unspecified atom stereocenters. The normalized spacial score (nSPS) is 22.2. The molecule has 1 atom stereocenters. The van der Waals surface area contributed by atoms with Crippen molar-refractivity contribution in [2.75, 3.05) is 13.7 Å². The molecule has 0 aromatic carbocycles. The highest BCUT2D eigenvalue weighted by Crippen LogP contribution is 2.30. The Kier molecular flexibility index (Phi) is 2.22. The van der Waals surface area contributed by atoms with E-state index in [2.05, 4.69) is 17.4 Å². The van der Waals surface area contributed by atoms with Crippen LogP contribution in [0.2, 0.25) is 0 Å². The number of hydrogen-bond donors (Lipinski definition) is 1. The monoisotopic (exact) mass is 182 g/mol. The summed E-state index contributed by atoms with van der Waals surface area (Å²) in [7, 11) is 1.62. The second kappa shape index (κ2) is 3.38. The van der Waals surface area contributed by atoms with Crippen LogP contribution in [0.1, 0.15) is 30.6 Å². The SMILES string of the molecule is COc1noc2c1CNCCC2C. The summed E-state index contributed by atoms with van der Waals surface area (Å²) in [5, 5.41) is 7.19. The summed E-state index contributed by atoms with van der Waals surface area (Å²) >= 11 is 0. The molecular weight excluding hydrogens is 168 g/mol. The van der Waals surface area contributed by atoms with Crippen molar-refractivity contribution < 1.29 is 9.26 Å². The molecule has 2 rings (SSSR count). The van der Waals surface area contributed by atoms with Crippen LogP contribution in [0.5, 0.6) is 5.88 Å². The maximum Gasteiger partial charge on any atom is 0.258 e. The van der Waals surface area contributed by atoms with Crippen molar-refractivity contribution in [2.45, 2.75) is 25.8 Å². The van der Waals surface area contributed by atoms with Gasteiger partial charge in [0, 0.05) is 12.5 Å². The Morgan fingerprint density at radius 3 is 3.23 bits per heavy atom. The van der Waals surface area contributed by atoms with Crippen molar-refractivity contribution in [1.82, 2.24) is 10.5 Å². The Morgan fingerprint density at radius 2 is 2.46 bits per heavy atom. The van der Waals surface area contributed by atoms with Gasteiger partial charge in [-0.3, -0.25) is 0 Å². The topological polar surface area (TPSA) is 47.3 Å². The molecule has 13 heavy (non-hydrogen) atoms. The highest BCUT2D eigenvalue weighted by atomic mass is 16.5. The van der Waals surface area contributed by atoms with Gasteiger partial charge in [-0.2, -0.15) is 0 Å². The Bertz CT molecular complexity index is 296. The number of aromatic nitrogens is 1. The van der Waals surface area contributed by atoms with Crippen molar-refractivity contribution >= 4 is 0 Å². The molecule has 1 N–H and O–H groups in total. The van der Waals surface area contributed by atoms with Crippen LogP contribution in [0.4, 0.5) is 0 Å². The summed E-state index contributed by atoms with van der Waals surface area (Å²) in [6.07, 6.45) is 1.09. The molecule has 2 heterocycles. The third kappa shape index (κ3) is 1.42. The Balaban J connectivity index is 2.38. The molecule has 1 aliphatic rings. The molecule has 0 bridgehead atoms. The summed E-state index contributed by atoms with van der Waals surface area (Å²) in [4.78, 5) is 0. The van der Waals surface area contributed by atoms with Gasteiger partial charge in [0.1, 0.15) is 5.76 Å². The summed E-state index contributed by atoms with van der Waals surface area (Å²) < 4.78 is 10.4. The van der Waals surface area contributed by atoms with Crippen LogP contribution in [0, 0.1) is 0 Å². The van der Waals surface area contributed by atoms with Gasteiger partial charge >= 0.3 is 0 Å². The molecule has 0 spiro atoms. The van der Waals surface area contributed by atoms with Gasteiger partial charge in [0.25, 0.3) is 5.88 Å². The lowest BCUT2D eigenvalue weighted by Gasteiger charge is -2.02. The average molecular weight is 182 g/mol. The van der Waals surface area contributed by atoms with Crippen LogP contribution in [0.15, 0.2) is 4.52 Å². The van der Waals surface area contributed by atoms with E-state index in [1.54, 1.807) is 7.11 Å². The standard InChI is InChI=1S/C9H14N2O2/c1-6-3-4-10-5-7-8(6)13-11-9(7)12-2/h6,10H,3-5H2,1-2H3. The van der Waals surface area contributed by atoms with E-state index < -0.39 is 0 Å². The van der Waals surface area contributed by atoms with Gasteiger partial charge in [0.2, 0.25) is 0 Å². The number of hydrogen-bond acceptors (Lipinski definition) is 4. The fourth-order valence-electron chi connectivity index (χ4n) is 1.68. The predicted octanol–water partition coefficient (Wildman–Crippen LogP) is 1.28. The first-order valence-corrected chi connectivity index (χ1v) is 4.56. The summed E-state index contributed by atoms with van der Waals surface area (Å²) in [6.45, 7) is 3.97. The third-order valence-electron chi connectivity index (χ3n) is 2.48. The molecule has 4 heteroatoms. The van der Waals surface area contributed by atoms with Crippen LogP contribution in [-0.2, 0) is 6.54 Å². The van der Waals surface area contributed by atoms with E-state index in [1.165, 1.54) is 0 Å². The van der Waals surface area contributed by atoms with Crippen molar-refractivity contribution in [3.8, 4) is 5.88 Å². The number of nitrogens with zero attached hydrogens (tertiary/aromatic N) is 1. The number of ether oxygens (including phenoxy) is 1. The smallest absolute Gasteiger partial charge is 0.258 e. The Morgan fingerprint density at radius 1 is 1.62 bits per heavy atom. The van der Waals surface area contributed by atoms with Crippen LogP contribution in [-0.4, -0.2) is 18.8 Å². The summed E-state index contributed by atoms with van der Waals surface area (Å²) in [5.74, 6) is 2.03. The molecule has 0 saturated heterocycles. The van der Waals surface area contributed by atoms with Crippen LogP contribution < -0.4 is 10.1 Å². The molecular formula is C9H14N2O2. The minimum Gasteiger partial charge on any atom is -0.479 e. The quantitative estimate of drug-likeness (QED) is 0.710. The van der Waals surface area contributed by atoms with E-state index in [0.29, 0.717) is 11.8 Å². The fraction of sp³-hybridized carbons (Fsp3) is 0.667. The van der Waals surface area contributed by atoms with Crippen LogP contribution >= 0.6 is 0 Å². The van der Waals surface area contributed by atoms with Crippen LogP contribution in [0.25, 0.3) is 0 Å². The first kappa shape index (κ1) is 8.56. The highest BCUT2D eigenvalue weighted by molar-refractivity contribution is 5.31. The molecule has 0 saturated carbocycles. The number of nitrogens with one attached hydrogen (secondary N) is 1. The lowest BCUT2D eigenvalue weighted by atomic mass is 10.0. The minimum atomic E-state index is 0.432. The van der Waals surface area contributed by atoms with Gasteiger partial charge in [0.05, 0.1) is 12.7 Å². The van der Waals surface area contributed by atoms with Gasteiger partial charge in [-0.1, -0.05) is 6.92 Å². The van der Waals surface area contributed by atoms with Crippen molar-refractivity contribution in [3.05, 3.63) is 11.3 Å². The molecule has 0 aliphatic carbocycles. The number of fused-ring (bicyclic) bond motifs is 1. The van der Waals surface area contributed by atoms with Crippen molar-refractivity contribution in [2.24, 2.45) is 0 Å². The third-order valence-corrected chi connectivity index (χ3v) is 2.48. The first-order valence-electron chi connectivity index (χ1n) is 4.56. The molecule has 72 valence electrons. The van der Waals surface area contributed by atoms with E-state index in [9.17, 15) is 0 Å². The summed E-state index contributed by atoms with van der Waals surface area (Å²) in [6, 6.07) is 0. The summed E-state index contributed by atoms with van der Waals surface area (Å²) in [5.41, 5.74) is 1.08. The molecule has 0 fully saturated rings. The first-order chi connectivity index (χ1) is 6.33. The number of methoxy groups -OCH3 is 1. The predicted molar refractivity (Wildman–Crippen MR) is 47.8 cm³/mol. The van der Waals surface area contributed by atoms with E-state index in [0.717, 1.165) is 30.8 Å². The Hall–Kier alpha value is -1.03. The molecule has 4 nitrogen and oxygen atoms in total. The van der Waals surface area contributed by atoms with E-state index in [-0.39, 0.29) is 0 Å². The highest BCUT2D eigenvalue weighted by Gasteiger charge is 2.23. The van der Waals surface area contributed by atoms with Crippen molar-refractivity contribution in [1.29, 1.82) is 0 Å². The molecule has 0 radical (unpaired) electrons. The largest absolute Gasteiger partial charge is 0.479 e. The molecule has 1 aromatic rings. The molecule has 0 amide bonds. The second-order valence-corrected chi connectivity index (χ2v) is 3.40. The van der Waals surface area contributed by atoms with Crippen LogP contribution in [0.3, 0.4) is 0 Å². The fourth-order valence-corrected chi connectivity index (χ4v) is 1.68. The van der Waals surface area contributed by atoms with E-state index in [1.807, 2.05) is 0 Å². The van der Waals surface area contributed by atoms with Gasteiger partial charge in [-0.25, -0.2) is 0 Å². The zero-order valence-corrected chi connectivity index (χ0v) is 7.96. The minimum absolute atomic E-state index is 0.432. The van der Waals surface area contributed by atoms with Gasteiger partial charge in [-0.05, 0) is 18.1 Å². The van der Waals surface area contributed by atoms with Gasteiger partial charge in [-0.15, -0.1) is 0 Å². The lowest BCUT2D eigenvalue weighted by molar-refractivity contribution is 0.316. The maximum absolute atomic E-state index is 5.26.